The molecule has 3 nitrogen and oxygen atoms in total. The predicted octanol–water partition coefficient (Wildman–Crippen LogP) is 0.767. The van der Waals surface area contributed by atoms with Crippen LogP contribution in [0, 0.1) is 0 Å². The molecule has 1 aliphatic rings. The maximum atomic E-state index is 11.3. The van der Waals surface area contributed by atoms with Gasteiger partial charge in [0.05, 0.1) is 6.04 Å². The maximum Gasteiger partial charge on any atom is 0.288 e. The lowest BCUT2D eigenvalue weighted by molar-refractivity contribution is -0.137. The summed E-state index contributed by atoms with van der Waals surface area (Å²) in [6.07, 6.45) is 1.70. The van der Waals surface area contributed by atoms with Gasteiger partial charge in [-0.25, -0.2) is 0 Å². The number of hydrogen-bond acceptors (Lipinski definition) is 2. The first-order chi connectivity index (χ1) is 5.16. The van der Waals surface area contributed by atoms with Crippen LogP contribution in [-0.2, 0) is 9.53 Å². The summed E-state index contributed by atoms with van der Waals surface area (Å²) in [5, 5.41) is 0. The largest absolute Gasteiger partial charge is 0.486 e. The van der Waals surface area contributed by atoms with Gasteiger partial charge in [0, 0.05) is 7.05 Å². The Balaban J connectivity index is 2.75. The van der Waals surface area contributed by atoms with Gasteiger partial charge in [0.2, 0.25) is 0 Å². The summed E-state index contributed by atoms with van der Waals surface area (Å²) in [5.74, 6) is 0.442. The van der Waals surface area contributed by atoms with Crippen LogP contribution < -0.4 is 0 Å². The zero-order valence-corrected chi connectivity index (χ0v) is 7.13. The minimum atomic E-state index is -0.0220. The lowest BCUT2D eigenvalue weighted by Gasteiger charge is -2.31. The third-order valence-electron chi connectivity index (χ3n) is 1.93. The van der Waals surface area contributed by atoms with Crippen LogP contribution in [0.3, 0.4) is 0 Å². The molecule has 0 aliphatic carbocycles. The van der Waals surface area contributed by atoms with Crippen LogP contribution in [0.2, 0.25) is 0 Å². The highest BCUT2D eigenvalue weighted by atomic mass is 16.5. The fourth-order valence-electron chi connectivity index (χ4n) is 0.965. The van der Waals surface area contributed by atoms with Gasteiger partial charge in [-0.3, -0.25) is 4.79 Å². The minimum Gasteiger partial charge on any atom is -0.486 e. The van der Waals surface area contributed by atoms with E-state index in [-0.39, 0.29) is 11.9 Å². The second-order valence-corrected chi connectivity index (χ2v) is 2.73. The number of carbonyl (C=O) groups excluding carboxylic acids is 1. The monoisotopic (exact) mass is 155 g/mol. The molecule has 0 aromatic carbocycles. The van der Waals surface area contributed by atoms with E-state index in [9.17, 15) is 4.79 Å². The van der Waals surface area contributed by atoms with Crippen molar-refractivity contribution < 1.29 is 9.53 Å². The maximum absolute atomic E-state index is 11.3. The molecule has 3 heteroatoms. The van der Waals surface area contributed by atoms with Gasteiger partial charge in [-0.2, -0.15) is 0 Å². The molecular weight excluding hydrogens is 142 g/mol. The van der Waals surface area contributed by atoms with E-state index in [2.05, 4.69) is 0 Å². The number of likely N-dealkylation sites (N-methyl/N-ethyl adjacent to an activating group) is 1. The van der Waals surface area contributed by atoms with E-state index >= 15 is 0 Å². The van der Waals surface area contributed by atoms with E-state index in [0.717, 1.165) is 0 Å². The molecule has 1 fully saturated rings. The van der Waals surface area contributed by atoms with Crippen LogP contribution in [-0.4, -0.2) is 30.5 Å². The van der Waals surface area contributed by atoms with Gasteiger partial charge in [-0.1, -0.05) is 0 Å². The Bertz CT molecular complexity index is 198. The number of rotatable bonds is 0. The average molecular weight is 155 g/mol. The highest BCUT2D eigenvalue weighted by Crippen LogP contribution is 2.13. The molecule has 1 aliphatic heterocycles. The molecule has 11 heavy (non-hydrogen) atoms. The second-order valence-electron chi connectivity index (χ2n) is 2.73. The third kappa shape index (κ3) is 1.37. The lowest BCUT2D eigenvalue weighted by atomic mass is 10.2. The Morgan fingerprint density at radius 3 is 2.91 bits per heavy atom. The van der Waals surface area contributed by atoms with Crippen LogP contribution in [0.1, 0.15) is 13.8 Å². The number of ether oxygens (including phenoxy) is 1. The number of hydrogen-bond donors (Lipinski definition) is 0. The van der Waals surface area contributed by atoms with Gasteiger partial charge in [-0.05, 0) is 19.9 Å². The third-order valence-corrected chi connectivity index (χ3v) is 1.93. The molecule has 62 valence electrons. The molecule has 1 unspecified atom stereocenters. The number of allylic oxidation sites excluding steroid dienone is 1. The summed E-state index contributed by atoms with van der Waals surface area (Å²) in [5.41, 5.74) is 0. The minimum absolute atomic E-state index is 0.0220. The summed E-state index contributed by atoms with van der Waals surface area (Å²) < 4.78 is 5.19. The Kier molecular flexibility index (Phi) is 2.17. The highest BCUT2D eigenvalue weighted by molar-refractivity contribution is 5.92. The van der Waals surface area contributed by atoms with Gasteiger partial charge in [0.25, 0.3) is 5.91 Å². The summed E-state index contributed by atoms with van der Waals surface area (Å²) in [6, 6.07) is 0.186. The zero-order chi connectivity index (χ0) is 8.43. The van der Waals surface area contributed by atoms with Crippen LogP contribution in [0.4, 0.5) is 0 Å². The van der Waals surface area contributed by atoms with Gasteiger partial charge < -0.3 is 9.64 Å². The molecule has 0 aromatic heterocycles. The molecular formula is C8H13NO2. The fourth-order valence-corrected chi connectivity index (χ4v) is 0.965. The van der Waals surface area contributed by atoms with Crippen LogP contribution in [0.5, 0.6) is 0 Å². The van der Waals surface area contributed by atoms with Crippen molar-refractivity contribution in [3.8, 4) is 0 Å². The molecule has 0 spiro atoms. The molecule has 1 amide bonds. The van der Waals surface area contributed by atoms with Crippen molar-refractivity contribution in [2.75, 3.05) is 13.7 Å². The van der Waals surface area contributed by atoms with E-state index in [1.54, 1.807) is 24.9 Å². The molecule has 0 aromatic rings. The molecule has 0 N–H and O–H groups in total. The topological polar surface area (TPSA) is 29.5 Å². The lowest BCUT2D eigenvalue weighted by Crippen LogP contribution is -2.43. The zero-order valence-electron chi connectivity index (χ0n) is 7.13. The van der Waals surface area contributed by atoms with Crippen molar-refractivity contribution in [1.29, 1.82) is 0 Å². The summed E-state index contributed by atoms with van der Waals surface area (Å²) in [4.78, 5) is 13.0. The van der Waals surface area contributed by atoms with Crippen molar-refractivity contribution in [1.82, 2.24) is 4.90 Å². The Morgan fingerprint density at radius 1 is 1.73 bits per heavy atom. The molecule has 1 heterocycles. The Morgan fingerprint density at radius 2 is 2.36 bits per heavy atom. The van der Waals surface area contributed by atoms with E-state index in [4.69, 9.17) is 4.74 Å². The van der Waals surface area contributed by atoms with Gasteiger partial charge >= 0.3 is 0 Å². The van der Waals surface area contributed by atoms with Gasteiger partial charge in [0.15, 0.2) is 5.76 Å². The standard InChI is InChI=1S/C8H13NO2/c1-4-7-8(10)9(3)6(2)5-11-7/h4,6H,5H2,1-3H3/b7-4-. The molecule has 1 rings (SSSR count). The first-order valence-corrected chi connectivity index (χ1v) is 3.73. The van der Waals surface area contributed by atoms with Crippen LogP contribution in [0.15, 0.2) is 11.8 Å². The van der Waals surface area contributed by atoms with Crippen molar-refractivity contribution in [3.05, 3.63) is 11.8 Å². The summed E-state index contributed by atoms with van der Waals surface area (Å²) in [6.45, 7) is 4.36. The van der Waals surface area contributed by atoms with E-state index in [0.29, 0.717) is 12.4 Å². The molecule has 1 saturated heterocycles. The highest BCUT2D eigenvalue weighted by Gasteiger charge is 2.26. The van der Waals surface area contributed by atoms with E-state index in [1.807, 2.05) is 6.92 Å². The second kappa shape index (κ2) is 2.95. The van der Waals surface area contributed by atoms with Crippen molar-refractivity contribution >= 4 is 5.91 Å². The SMILES string of the molecule is C/C=C1\OCC(C)N(C)C1=O. The van der Waals surface area contributed by atoms with Crippen molar-refractivity contribution in [2.45, 2.75) is 19.9 Å². The number of nitrogens with zero attached hydrogens (tertiary/aromatic N) is 1. The fraction of sp³-hybridized carbons (Fsp3) is 0.625. The summed E-state index contributed by atoms with van der Waals surface area (Å²) >= 11 is 0. The molecule has 1 atom stereocenters. The van der Waals surface area contributed by atoms with Gasteiger partial charge in [-0.15, -0.1) is 0 Å². The molecule has 0 saturated carbocycles. The first-order valence-electron chi connectivity index (χ1n) is 3.73. The Labute approximate surface area is 66.6 Å². The first kappa shape index (κ1) is 8.11. The van der Waals surface area contributed by atoms with Crippen molar-refractivity contribution in [2.24, 2.45) is 0 Å². The Hall–Kier alpha value is -0.990. The molecule has 0 radical (unpaired) electrons. The van der Waals surface area contributed by atoms with Crippen LogP contribution in [0.25, 0.3) is 0 Å². The van der Waals surface area contributed by atoms with Crippen LogP contribution >= 0.6 is 0 Å². The van der Waals surface area contributed by atoms with Gasteiger partial charge in [0.1, 0.15) is 6.61 Å². The predicted molar refractivity (Wildman–Crippen MR) is 41.9 cm³/mol. The number of carbonyl (C=O) groups is 1. The number of morpholine rings is 1. The summed E-state index contributed by atoms with van der Waals surface area (Å²) in [7, 11) is 1.79. The van der Waals surface area contributed by atoms with E-state index < -0.39 is 0 Å². The normalized spacial score (nSPS) is 29.0. The molecule has 0 bridgehead atoms. The number of amides is 1. The van der Waals surface area contributed by atoms with E-state index in [1.165, 1.54) is 0 Å². The van der Waals surface area contributed by atoms with Crippen molar-refractivity contribution in [3.63, 3.8) is 0 Å². The quantitative estimate of drug-likeness (QED) is 0.483. The smallest absolute Gasteiger partial charge is 0.288 e. The average Bonchev–Trinajstić information content (AvgIpc) is 2.01.